The maximum atomic E-state index is 12.2. The van der Waals surface area contributed by atoms with E-state index in [0.29, 0.717) is 5.69 Å². The largest absolute Gasteiger partial charge is 0.505 e. The normalized spacial score (nSPS) is 23.1. The van der Waals surface area contributed by atoms with E-state index in [1.807, 2.05) is 6.92 Å². The number of hydrogen-bond donors (Lipinski definition) is 3. The third-order valence-electron chi connectivity index (χ3n) is 3.34. The Balaban J connectivity index is 2.10. The van der Waals surface area contributed by atoms with E-state index >= 15 is 0 Å². The van der Waals surface area contributed by atoms with Gasteiger partial charge >= 0.3 is 0 Å². The smallest absolute Gasteiger partial charge is 0.241 e. The molecule has 3 N–H and O–H groups in total. The predicted molar refractivity (Wildman–Crippen MR) is 76.9 cm³/mol. The van der Waals surface area contributed by atoms with Crippen LogP contribution in [0, 0.1) is 5.92 Å². The van der Waals surface area contributed by atoms with Crippen molar-refractivity contribution in [2.45, 2.75) is 25.8 Å². The molecule has 19 heavy (non-hydrogen) atoms. The first-order valence-electron chi connectivity index (χ1n) is 6.21. The Morgan fingerprint density at radius 1 is 1.42 bits per heavy atom. The fraction of sp³-hybridized carbons (Fsp3) is 0.462. The van der Waals surface area contributed by atoms with Crippen molar-refractivity contribution in [3.05, 3.63) is 22.2 Å². The van der Waals surface area contributed by atoms with Crippen molar-refractivity contribution in [2.75, 3.05) is 11.9 Å². The summed E-state index contributed by atoms with van der Waals surface area (Å²) in [4.78, 5) is 12.2. The Morgan fingerprint density at radius 2 is 2.05 bits per heavy atom. The summed E-state index contributed by atoms with van der Waals surface area (Å²) in [5.41, 5.74) is 0.484. The highest BCUT2D eigenvalue weighted by molar-refractivity contribution is 6.37. The number of piperidine rings is 1. The summed E-state index contributed by atoms with van der Waals surface area (Å²) in [6.45, 7) is 2.90. The molecule has 1 aromatic rings. The van der Waals surface area contributed by atoms with Gasteiger partial charge in [-0.05, 0) is 37.4 Å². The molecule has 104 valence electrons. The van der Waals surface area contributed by atoms with Gasteiger partial charge in [0.25, 0.3) is 0 Å². The first-order chi connectivity index (χ1) is 8.99. The Kier molecular flexibility index (Phi) is 4.55. The summed E-state index contributed by atoms with van der Waals surface area (Å²) >= 11 is 11.6. The summed E-state index contributed by atoms with van der Waals surface area (Å²) in [5.74, 6) is 0.00678. The Labute approximate surface area is 122 Å². The van der Waals surface area contributed by atoms with Crippen molar-refractivity contribution in [1.82, 2.24) is 5.32 Å². The molecule has 4 nitrogen and oxygen atoms in total. The lowest BCUT2D eigenvalue weighted by atomic mass is 9.92. The summed E-state index contributed by atoms with van der Waals surface area (Å²) in [7, 11) is 0. The third kappa shape index (κ3) is 3.32. The van der Waals surface area contributed by atoms with Crippen molar-refractivity contribution in [3.8, 4) is 5.75 Å². The SMILES string of the molecule is CC1CCCNC1C(=O)Nc1cc(Cl)c(O)c(Cl)c1. The second kappa shape index (κ2) is 5.99. The molecule has 1 aliphatic rings. The molecule has 0 bridgehead atoms. The molecule has 2 rings (SSSR count). The van der Waals surface area contributed by atoms with Crippen LogP contribution in [0.25, 0.3) is 0 Å². The molecule has 1 fully saturated rings. The number of hydrogen-bond acceptors (Lipinski definition) is 3. The fourth-order valence-electron chi connectivity index (χ4n) is 2.26. The van der Waals surface area contributed by atoms with Crippen molar-refractivity contribution >= 4 is 34.8 Å². The molecular weight excluding hydrogens is 287 g/mol. The average molecular weight is 303 g/mol. The first kappa shape index (κ1) is 14.4. The lowest BCUT2D eigenvalue weighted by molar-refractivity contribution is -0.119. The molecular formula is C13H16Cl2N2O2. The van der Waals surface area contributed by atoms with Gasteiger partial charge in [0.15, 0.2) is 5.75 Å². The van der Waals surface area contributed by atoms with Crippen LogP contribution in [0.15, 0.2) is 12.1 Å². The van der Waals surface area contributed by atoms with Crippen LogP contribution >= 0.6 is 23.2 Å². The van der Waals surface area contributed by atoms with Gasteiger partial charge in [-0.25, -0.2) is 0 Å². The van der Waals surface area contributed by atoms with E-state index in [9.17, 15) is 9.90 Å². The molecule has 0 spiro atoms. The topological polar surface area (TPSA) is 61.4 Å². The molecule has 0 radical (unpaired) electrons. The van der Waals surface area contributed by atoms with Crippen molar-refractivity contribution < 1.29 is 9.90 Å². The zero-order valence-corrected chi connectivity index (χ0v) is 12.1. The molecule has 1 heterocycles. The first-order valence-corrected chi connectivity index (χ1v) is 6.97. The molecule has 2 unspecified atom stereocenters. The average Bonchev–Trinajstić information content (AvgIpc) is 2.36. The number of amides is 1. The van der Waals surface area contributed by atoms with Crippen LogP contribution in [0.3, 0.4) is 0 Å². The molecule has 0 aliphatic carbocycles. The minimum absolute atomic E-state index is 0.106. The number of anilines is 1. The predicted octanol–water partition coefficient (Wildman–Crippen LogP) is 3.03. The highest BCUT2D eigenvalue weighted by atomic mass is 35.5. The van der Waals surface area contributed by atoms with E-state index < -0.39 is 0 Å². The molecule has 1 aliphatic heterocycles. The number of benzene rings is 1. The van der Waals surface area contributed by atoms with E-state index in [-0.39, 0.29) is 33.7 Å². The fourth-order valence-corrected chi connectivity index (χ4v) is 2.75. The Morgan fingerprint density at radius 3 is 2.63 bits per heavy atom. The molecule has 1 aromatic carbocycles. The number of aromatic hydroxyl groups is 1. The van der Waals surface area contributed by atoms with Gasteiger partial charge in [0.1, 0.15) is 0 Å². The van der Waals surface area contributed by atoms with Crippen molar-refractivity contribution in [1.29, 1.82) is 0 Å². The zero-order chi connectivity index (χ0) is 14.0. The number of carbonyl (C=O) groups excluding carboxylic acids is 1. The number of phenolic OH excluding ortho intramolecular Hbond substituents is 1. The van der Waals surface area contributed by atoms with Gasteiger partial charge in [-0.3, -0.25) is 4.79 Å². The van der Waals surface area contributed by atoms with E-state index in [0.717, 1.165) is 19.4 Å². The summed E-state index contributed by atoms with van der Waals surface area (Å²) in [6.07, 6.45) is 2.12. The van der Waals surface area contributed by atoms with Gasteiger partial charge in [0.2, 0.25) is 5.91 Å². The monoisotopic (exact) mass is 302 g/mol. The molecule has 0 aromatic heterocycles. The minimum atomic E-state index is -0.208. The lowest BCUT2D eigenvalue weighted by Gasteiger charge is -2.29. The number of carbonyl (C=O) groups is 1. The minimum Gasteiger partial charge on any atom is -0.505 e. The zero-order valence-electron chi connectivity index (χ0n) is 10.5. The maximum absolute atomic E-state index is 12.2. The molecule has 1 saturated heterocycles. The number of nitrogens with one attached hydrogen (secondary N) is 2. The Hall–Kier alpha value is -0.970. The van der Waals surface area contributed by atoms with Gasteiger partial charge in [-0.15, -0.1) is 0 Å². The molecule has 1 amide bonds. The van der Waals surface area contributed by atoms with Gasteiger partial charge < -0.3 is 15.7 Å². The molecule has 0 saturated carbocycles. The quantitative estimate of drug-likeness (QED) is 0.736. The second-order valence-electron chi connectivity index (χ2n) is 4.83. The highest BCUT2D eigenvalue weighted by Crippen LogP contribution is 2.34. The van der Waals surface area contributed by atoms with E-state index in [4.69, 9.17) is 23.2 Å². The van der Waals surface area contributed by atoms with Crippen LogP contribution < -0.4 is 10.6 Å². The van der Waals surface area contributed by atoms with Crippen molar-refractivity contribution in [2.24, 2.45) is 5.92 Å². The van der Waals surface area contributed by atoms with E-state index in [1.54, 1.807) is 0 Å². The highest BCUT2D eigenvalue weighted by Gasteiger charge is 2.27. The second-order valence-corrected chi connectivity index (χ2v) is 5.64. The van der Waals surface area contributed by atoms with Crippen LogP contribution in [0.4, 0.5) is 5.69 Å². The third-order valence-corrected chi connectivity index (χ3v) is 3.91. The van der Waals surface area contributed by atoms with Gasteiger partial charge in [0, 0.05) is 5.69 Å². The summed E-state index contributed by atoms with van der Waals surface area (Å²) in [6, 6.07) is 2.75. The van der Waals surface area contributed by atoms with E-state index in [2.05, 4.69) is 10.6 Å². The summed E-state index contributed by atoms with van der Waals surface area (Å²) in [5, 5.41) is 15.7. The lowest BCUT2D eigenvalue weighted by Crippen LogP contribution is -2.48. The molecule has 2 atom stereocenters. The van der Waals surface area contributed by atoms with Gasteiger partial charge in [-0.2, -0.15) is 0 Å². The van der Waals surface area contributed by atoms with Crippen LogP contribution in [0.5, 0.6) is 5.75 Å². The van der Waals surface area contributed by atoms with E-state index in [1.165, 1.54) is 12.1 Å². The van der Waals surface area contributed by atoms with Crippen LogP contribution in [0.2, 0.25) is 10.0 Å². The van der Waals surface area contributed by atoms with Gasteiger partial charge in [0.05, 0.1) is 16.1 Å². The number of halogens is 2. The summed E-state index contributed by atoms with van der Waals surface area (Å²) < 4.78 is 0. The Bertz CT molecular complexity index is 471. The van der Waals surface area contributed by atoms with Crippen LogP contribution in [0.1, 0.15) is 19.8 Å². The van der Waals surface area contributed by atoms with Crippen LogP contribution in [-0.2, 0) is 4.79 Å². The van der Waals surface area contributed by atoms with Gasteiger partial charge in [-0.1, -0.05) is 30.1 Å². The van der Waals surface area contributed by atoms with Crippen LogP contribution in [-0.4, -0.2) is 23.6 Å². The number of rotatable bonds is 2. The standard InChI is InChI=1S/C13H16Cl2N2O2/c1-7-3-2-4-16-11(7)13(19)17-8-5-9(14)12(18)10(15)6-8/h5-7,11,16,18H,2-4H2,1H3,(H,17,19). The molecule has 6 heteroatoms. The number of phenols is 1. The maximum Gasteiger partial charge on any atom is 0.241 e. The van der Waals surface area contributed by atoms with Crippen molar-refractivity contribution in [3.63, 3.8) is 0 Å².